The predicted molar refractivity (Wildman–Crippen MR) is 111 cm³/mol. The Labute approximate surface area is 176 Å². The second kappa shape index (κ2) is 8.97. The molecule has 0 saturated carbocycles. The van der Waals surface area contributed by atoms with Gasteiger partial charge in [-0.25, -0.2) is 5.01 Å². The molecule has 1 N–H and O–H groups in total. The highest BCUT2D eigenvalue weighted by Gasteiger charge is 2.35. The maximum Gasteiger partial charge on any atom is 0.276 e. The fraction of sp³-hybridized carbons (Fsp3) is 0.500. The topological polar surface area (TPSA) is 87.9 Å². The minimum absolute atomic E-state index is 0.150. The van der Waals surface area contributed by atoms with Crippen LogP contribution in [-0.2, 0) is 9.53 Å². The molecule has 2 amide bonds. The van der Waals surface area contributed by atoms with Crippen LogP contribution >= 0.6 is 0 Å². The molecule has 0 unspecified atom stereocenters. The zero-order chi connectivity index (χ0) is 21.1. The zero-order valence-electron chi connectivity index (χ0n) is 17.5. The molecule has 1 aromatic heterocycles. The molecular formula is C22H28N4O4. The molecule has 8 heteroatoms. The van der Waals surface area contributed by atoms with Gasteiger partial charge in [-0.3, -0.25) is 15.0 Å². The first-order chi connectivity index (χ1) is 14.5. The Morgan fingerprint density at radius 3 is 2.70 bits per heavy atom. The van der Waals surface area contributed by atoms with Crippen molar-refractivity contribution in [2.45, 2.75) is 39.2 Å². The summed E-state index contributed by atoms with van der Waals surface area (Å²) in [5, 5.41) is 5.88. The van der Waals surface area contributed by atoms with E-state index < -0.39 is 6.04 Å². The van der Waals surface area contributed by atoms with E-state index in [1.807, 2.05) is 37.1 Å². The van der Waals surface area contributed by atoms with Gasteiger partial charge in [0.25, 0.3) is 11.8 Å². The average Bonchev–Trinajstić information content (AvgIpc) is 3.25. The summed E-state index contributed by atoms with van der Waals surface area (Å²) in [5.41, 5.74) is 6.26. The maximum atomic E-state index is 13.2. The Bertz CT molecular complexity index is 920. The van der Waals surface area contributed by atoms with Crippen molar-refractivity contribution in [3.05, 3.63) is 41.1 Å². The van der Waals surface area contributed by atoms with Crippen molar-refractivity contribution in [1.82, 2.24) is 20.5 Å². The number of carbonyl (C=O) groups is 2. The Morgan fingerprint density at radius 1 is 1.10 bits per heavy atom. The van der Waals surface area contributed by atoms with Gasteiger partial charge in [-0.1, -0.05) is 22.9 Å². The Morgan fingerprint density at radius 2 is 1.90 bits per heavy atom. The van der Waals surface area contributed by atoms with Gasteiger partial charge in [0.15, 0.2) is 11.5 Å². The number of aryl methyl sites for hydroxylation is 2. The molecule has 160 valence electrons. The highest BCUT2D eigenvalue weighted by atomic mass is 16.5. The SMILES string of the molecule is Cc1ccc(C)c(-c2cc(C(=O)N3CCCC[C@H]3C(=O)NN3CCOCC3)no2)c1. The standard InChI is InChI=1S/C22H28N4O4/c1-15-6-7-16(2)17(13-15)20-14-18(24-30-20)22(28)26-8-4-3-5-19(26)21(27)23-25-9-11-29-12-10-25/h6-7,13-14,19H,3-5,8-12H2,1-2H3,(H,23,27)/t19-/m0/s1. The van der Waals surface area contributed by atoms with Crippen LogP contribution in [0.25, 0.3) is 11.3 Å². The minimum Gasteiger partial charge on any atom is -0.379 e. The summed E-state index contributed by atoms with van der Waals surface area (Å²) in [7, 11) is 0. The number of nitrogens with zero attached hydrogens (tertiary/aromatic N) is 3. The number of amides is 2. The highest BCUT2D eigenvalue weighted by Crippen LogP contribution is 2.27. The third-order valence-electron chi connectivity index (χ3n) is 5.73. The molecule has 30 heavy (non-hydrogen) atoms. The van der Waals surface area contributed by atoms with Gasteiger partial charge in [0.05, 0.1) is 13.2 Å². The Hall–Kier alpha value is -2.71. The van der Waals surface area contributed by atoms with Crippen LogP contribution in [0.4, 0.5) is 0 Å². The zero-order valence-corrected chi connectivity index (χ0v) is 17.5. The fourth-order valence-corrected chi connectivity index (χ4v) is 4.00. The molecule has 4 rings (SSSR count). The lowest BCUT2D eigenvalue weighted by atomic mass is 10.0. The van der Waals surface area contributed by atoms with Crippen molar-refractivity contribution in [3.63, 3.8) is 0 Å². The number of hydrazine groups is 1. The molecule has 0 radical (unpaired) electrons. The molecule has 2 aliphatic rings. The molecule has 3 heterocycles. The maximum absolute atomic E-state index is 13.2. The van der Waals surface area contributed by atoms with Crippen LogP contribution in [0.5, 0.6) is 0 Å². The van der Waals surface area contributed by atoms with Gasteiger partial charge in [-0.15, -0.1) is 0 Å². The van der Waals surface area contributed by atoms with Gasteiger partial charge < -0.3 is 14.2 Å². The summed E-state index contributed by atoms with van der Waals surface area (Å²) in [4.78, 5) is 27.7. The highest BCUT2D eigenvalue weighted by molar-refractivity contribution is 5.96. The van der Waals surface area contributed by atoms with E-state index in [0.29, 0.717) is 45.0 Å². The van der Waals surface area contributed by atoms with Gasteiger partial charge in [0.1, 0.15) is 6.04 Å². The molecule has 2 aromatic rings. The molecule has 2 fully saturated rings. The second-order valence-electron chi connectivity index (χ2n) is 7.98. The monoisotopic (exact) mass is 412 g/mol. The number of aromatic nitrogens is 1. The van der Waals surface area contributed by atoms with E-state index in [-0.39, 0.29) is 17.5 Å². The number of ether oxygens (including phenoxy) is 1. The number of rotatable bonds is 4. The molecular weight excluding hydrogens is 384 g/mol. The number of hydrogen-bond donors (Lipinski definition) is 1. The molecule has 1 aromatic carbocycles. The number of carbonyl (C=O) groups excluding carboxylic acids is 2. The number of morpholine rings is 1. The van der Waals surface area contributed by atoms with Crippen LogP contribution in [0.1, 0.15) is 40.9 Å². The lowest BCUT2D eigenvalue weighted by Gasteiger charge is -2.36. The molecule has 0 aliphatic carbocycles. The minimum atomic E-state index is -0.505. The number of benzene rings is 1. The Kier molecular flexibility index (Phi) is 6.15. The van der Waals surface area contributed by atoms with Crippen LogP contribution in [0.3, 0.4) is 0 Å². The van der Waals surface area contributed by atoms with Crippen LogP contribution in [-0.4, -0.2) is 65.8 Å². The van der Waals surface area contributed by atoms with Crippen LogP contribution in [0.15, 0.2) is 28.8 Å². The van der Waals surface area contributed by atoms with E-state index in [1.54, 1.807) is 11.0 Å². The van der Waals surface area contributed by atoms with E-state index in [1.165, 1.54) is 0 Å². The van der Waals surface area contributed by atoms with Crippen LogP contribution < -0.4 is 5.43 Å². The lowest BCUT2D eigenvalue weighted by Crippen LogP contribution is -2.57. The van der Waals surface area contributed by atoms with E-state index in [9.17, 15) is 9.59 Å². The van der Waals surface area contributed by atoms with Crippen molar-refractivity contribution in [1.29, 1.82) is 0 Å². The molecule has 8 nitrogen and oxygen atoms in total. The summed E-state index contributed by atoms with van der Waals surface area (Å²) in [6, 6.07) is 7.24. The lowest BCUT2D eigenvalue weighted by molar-refractivity contribution is -0.133. The van der Waals surface area contributed by atoms with Crippen molar-refractivity contribution < 1.29 is 18.8 Å². The van der Waals surface area contributed by atoms with E-state index in [4.69, 9.17) is 9.26 Å². The quantitative estimate of drug-likeness (QED) is 0.829. The van der Waals surface area contributed by atoms with Crippen molar-refractivity contribution in [3.8, 4) is 11.3 Å². The average molecular weight is 412 g/mol. The smallest absolute Gasteiger partial charge is 0.276 e. The first-order valence-electron chi connectivity index (χ1n) is 10.5. The Balaban J connectivity index is 1.50. The van der Waals surface area contributed by atoms with E-state index >= 15 is 0 Å². The van der Waals surface area contributed by atoms with Crippen molar-refractivity contribution in [2.24, 2.45) is 0 Å². The molecule has 0 bridgehead atoms. The molecule has 1 atom stereocenters. The third-order valence-corrected chi connectivity index (χ3v) is 5.73. The number of piperidine rings is 1. The van der Waals surface area contributed by atoms with Gasteiger partial charge in [-0.05, 0) is 44.7 Å². The van der Waals surface area contributed by atoms with E-state index in [0.717, 1.165) is 29.5 Å². The van der Waals surface area contributed by atoms with Crippen molar-refractivity contribution in [2.75, 3.05) is 32.8 Å². The van der Waals surface area contributed by atoms with Gasteiger partial charge >= 0.3 is 0 Å². The largest absolute Gasteiger partial charge is 0.379 e. The van der Waals surface area contributed by atoms with E-state index in [2.05, 4.69) is 10.6 Å². The van der Waals surface area contributed by atoms with Gasteiger partial charge in [0, 0.05) is 31.3 Å². The van der Waals surface area contributed by atoms with Gasteiger partial charge in [0.2, 0.25) is 0 Å². The summed E-state index contributed by atoms with van der Waals surface area (Å²) >= 11 is 0. The number of likely N-dealkylation sites (tertiary alicyclic amines) is 1. The summed E-state index contributed by atoms with van der Waals surface area (Å²) in [5.74, 6) is 0.145. The first kappa shape index (κ1) is 20.6. The molecule has 2 aliphatic heterocycles. The second-order valence-corrected chi connectivity index (χ2v) is 7.98. The van der Waals surface area contributed by atoms with Crippen LogP contribution in [0, 0.1) is 13.8 Å². The number of hydrogen-bond acceptors (Lipinski definition) is 6. The summed E-state index contributed by atoms with van der Waals surface area (Å²) in [6.07, 6.45) is 2.43. The summed E-state index contributed by atoms with van der Waals surface area (Å²) < 4.78 is 10.8. The molecule has 0 spiro atoms. The number of nitrogens with one attached hydrogen (secondary N) is 1. The predicted octanol–water partition coefficient (Wildman–Crippen LogP) is 2.32. The summed E-state index contributed by atoms with van der Waals surface area (Å²) in [6.45, 7) is 7.02. The molecule has 2 saturated heterocycles. The van der Waals surface area contributed by atoms with Crippen molar-refractivity contribution >= 4 is 11.8 Å². The first-order valence-corrected chi connectivity index (χ1v) is 10.5. The van der Waals surface area contributed by atoms with Gasteiger partial charge in [-0.2, -0.15) is 0 Å². The third kappa shape index (κ3) is 4.39. The van der Waals surface area contributed by atoms with Crippen LogP contribution in [0.2, 0.25) is 0 Å². The fourth-order valence-electron chi connectivity index (χ4n) is 4.00. The normalized spacial score (nSPS) is 20.2.